The summed E-state index contributed by atoms with van der Waals surface area (Å²) < 4.78 is 1.49. The van der Waals surface area contributed by atoms with E-state index >= 15 is 0 Å². The van der Waals surface area contributed by atoms with Crippen molar-refractivity contribution in [3.05, 3.63) is 44.3 Å². The molecule has 1 aliphatic rings. The van der Waals surface area contributed by atoms with Gasteiger partial charge in [-0.3, -0.25) is 14.5 Å². The average molecular weight is 375 g/mol. The Morgan fingerprint density at radius 3 is 2.92 bits per heavy atom. The Morgan fingerprint density at radius 1 is 1.35 bits per heavy atom. The number of aromatic nitrogens is 3. The van der Waals surface area contributed by atoms with Gasteiger partial charge in [-0.25, -0.2) is 9.67 Å². The van der Waals surface area contributed by atoms with Crippen LogP contribution in [0.2, 0.25) is 0 Å². The Kier molecular flexibility index (Phi) is 6.16. The molecule has 8 heteroatoms. The number of carbonyl (C=O) groups is 1. The highest BCUT2D eigenvalue weighted by atomic mass is 32.1. The number of carbonyl (C=O) groups excluding carboxylic acids is 1. The van der Waals surface area contributed by atoms with Crippen LogP contribution in [-0.2, 0) is 6.54 Å². The van der Waals surface area contributed by atoms with Crippen molar-refractivity contribution in [3.63, 3.8) is 0 Å². The van der Waals surface area contributed by atoms with Gasteiger partial charge in [0.15, 0.2) is 0 Å². The second-order valence-corrected chi connectivity index (χ2v) is 7.83. The molecule has 0 aromatic carbocycles. The van der Waals surface area contributed by atoms with E-state index in [-0.39, 0.29) is 11.5 Å². The molecule has 1 unspecified atom stereocenters. The van der Waals surface area contributed by atoms with E-state index in [4.69, 9.17) is 0 Å². The van der Waals surface area contributed by atoms with Crippen molar-refractivity contribution >= 4 is 17.2 Å². The highest BCUT2D eigenvalue weighted by Gasteiger charge is 2.23. The van der Waals surface area contributed by atoms with E-state index in [9.17, 15) is 9.59 Å². The van der Waals surface area contributed by atoms with E-state index in [1.807, 2.05) is 13.8 Å². The fraction of sp³-hybridized carbons (Fsp3) is 0.556. The Hall–Kier alpha value is -2.06. The molecule has 26 heavy (non-hydrogen) atoms. The largest absolute Gasteiger partial charge is 0.350 e. The molecule has 0 aliphatic carbocycles. The number of nitrogens with one attached hydrogen (secondary N) is 1. The van der Waals surface area contributed by atoms with Gasteiger partial charge >= 0.3 is 0 Å². The fourth-order valence-electron chi connectivity index (χ4n) is 3.40. The molecule has 0 bridgehead atoms. The zero-order valence-corrected chi connectivity index (χ0v) is 16.1. The molecule has 7 nitrogen and oxygen atoms in total. The van der Waals surface area contributed by atoms with Crippen molar-refractivity contribution in [1.82, 2.24) is 25.0 Å². The van der Waals surface area contributed by atoms with Crippen LogP contribution in [0.1, 0.15) is 39.6 Å². The lowest BCUT2D eigenvalue weighted by Crippen LogP contribution is -2.48. The minimum atomic E-state index is -0.0783. The smallest absolute Gasteiger partial charge is 0.266 e. The van der Waals surface area contributed by atoms with Gasteiger partial charge in [-0.1, -0.05) is 6.42 Å². The number of rotatable bonds is 6. The molecule has 0 saturated carbocycles. The molecule has 1 N–H and O–H groups in total. The molecule has 0 spiro atoms. The van der Waals surface area contributed by atoms with E-state index < -0.39 is 0 Å². The number of hydrogen-bond acceptors (Lipinski definition) is 6. The lowest BCUT2D eigenvalue weighted by atomic mass is 10.0. The summed E-state index contributed by atoms with van der Waals surface area (Å²) >= 11 is 1.44. The summed E-state index contributed by atoms with van der Waals surface area (Å²) in [4.78, 5) is 31.6. The van der Waals surface area contributed by atoms with Crippen LogP contribution >= 0.6 is 11.3 Å². The highest BCUT2D eigenvalue weighted by Crippen LogP contribution is 2.18. The Labute approximate surface area is 157 Å². The zero-order chi connectivity index (χ0) is 18.5. The van der Waals surface area contributed by atoms with Crippen molar-refractivity contribution in [2.75, 3.05) is 19.6 Å². The normalized spacial score (nSPS) is 18.0. The maximum absolute atomic E-state index is 12.4. The Morgan fingerprint density at radius 2 is 2.19 bits per heavy atom. The van der Waals surface area contributed by atoms with Gasteiger partial charge in [-0.15, -0.1) is 11.3 Å². The maximum Gasteiger partial charge on any atom is 0.266 e. The summed E-state index contributed by atoms with van der Waals surface area (Å²) in [6.07, 6.45) is 5.00. The highest BCUT2D eigenvalue weighted by molar-refractivity contribution is 7.13. The molecule has 1 fully saturated rings. The summed E-state index contributed by atoms with van der Waals surface area (Å²) in [7, 11) is 0. The van der Waals surface area contributed by atoms with E-state index in [2.05, 4.69) is 20.3 Å². The summed E-state index contributed by atoms with van der Waals surface area (Å²) in [5.41, 5.74) is 0.713. The van der Waals surface area contributed by atoms with Crippen LogP contribution in [0.4, 0.5) is 0 Å². The average Bonchev–Trinajstić information content (AvgIpc) is 2.98. The first-order valence-electron chi connectivity index (χ1n) is 9.03. The number of thiazole rings is 1. The van der Waals surface area contributed by atoms with Crippen molar-refractivity contribution in [2.45, 2.75) is 45.7 Å². The molecular formula is C18H25N5O2S. The number of nitrogens with zero attached hydrogens (tertiary/aromatic N) is 4. The van der Waals surface area contributed by atoms with E-state index in [1.54, 1.807) is 12.3 Å². The van der Waals surface area contributed by atoms with Crippen LogP contribution in [0, 0.1) is 13.8 Å². The van der Waals surface area contributed by atoms with Gasteiger partial charge in [0.25, 0.3) is 11.5 Å². The lowest BCUT2D eigenvalue weighted by Gasteiger charge is -2.35. The molecule has 3 rings (SSSR count). The molecule has 0 radical (unpaired) electrons. The van der Waals surface area contributed by atoms with Gasteiger partial charge in [0.1, 0.15) is 4.88 Å². The van der Waals surface area contributed by atoms with Crippen molar-refractivity contribution in [3.8, 4) is 0 Å². The number of piperidine rings is 1. The monoisotopic (exact) mass is 375 g/mol. The summed E-state index contributed by atoms with van der Waals surface area (Å²) in [5, 5.41) is 8.09. The first-order chi connectivity index (χ1) is 12.5. The quantitative estimate of drug-likeness (QED) is 0.830. The van der Waals surface area contributed by atoms with Gasteiger partial charge in [0.2, 0.25) is 0 Å². The molecule has 2 aromatic rings. The van der Waals surface area contributed by atoms with Gasteiger partial charge in [0, 0.05) is 31.4 Å². The van der Waals surface area contributed by atoms with Gasteiger partial charge in [-0.2, -0.15) is 5.10 Å². The van der Waals surface area contributed by atoms with Crippen LogP contribution < -0.4 is 10.9 Å². The minimum absolute atomic E-state index is 0.0421. The van der Waals surface area contributed by atoms with Crippen molar-refractivity contribution in [2.24, 2.45) is 0 Å². The lowest BCUT2D eigenvalue weighted by molar-refractivity contribution is 0.0912. The molecule has 1 saturated heterocycles. The number of aryl methyl sites for hydroxylation is 2. The second kappa shape index (κ2) is 8.55. The molecular weight excluding hydrogens is 350 g/mol. The number of amides is 1. The first-order valence-corrected chi connectivity index (χ1v) is 9.84. The molecule has 2 aromatic heterocycles. The molecule has 140 valence electrons. The minimum Gasteiger partial charge on any atom is -0.350 e. The Balaban J connectivity index is 1.57. The third-order valence-corrected chi connectivity index (χ3v) is 5.81. The van der Waals surface area contributed by atoms with E-state index in [0.717, 1.165) is 36.6 Å². The van der Waals surface area contributed by atoms with Gasteiger partial charge < -0.3 is 5.32 Å². The third-order valence-electron chi connectivity index (χ3n) is 4.74. The SMILES string of the molecule is Cc1nc(C)c(C(=O)NCC2CCCCN2CCn2ncccc2=O)s1. The number of likely N-dealkylation sites (tertiary alicyclic amines) is 1. The molecule has 1 atom stereocenters. The summed E-state index contributed by atoms with van der Waals surface area (Å²) in [5.74, 6) is -0.0421. The predicted molar refractivity (Wildman–Crippen MR) is 102 cm³/mol. The topological polar surface area (TPSA) is 80.1 Å². The van der Waals surface area contributed by atoms with Crippen LogP contribution in [-0.4, -0.2) is 51.2 Å². The fourth-order valence-corrected chi connectivity index (χ4v) is 4.23. The second-order valence-electron chi connectivity index (χ2n) is 6.63. The van der Waals surface area contributed by atoms with Crippen molar-refractivity contribution < 1.29 is 4.79 Å². The maximum atomic E-state index is 12.4. The zero-order valence-electron chi connectivity index (χ0n) is 15.3. The summed E-state index contributed by atoms with van der Waals surface area (Å²) in [6.45, 7) is 6.72. The van der Waals surface area contributed by atoms with E-state index in [0.29, 0.717) is 24.0 Å². The van der Waals surface area contributed by atoms with Crippen LogP contribution in [0.5, 0.6) is 0 Å². The summed E-state index contributed by atoms with van der Waals surface area (Å²) in [6, 6.07) is 3.48. The standard InChI is InChI=1S/C18H25N5O2S/c1-13-17(26-14(2)21-13)18(25)19-12-15-6-3-4-9-22(15)10-11-23-16(24)7-5-8-20-23/h5,7-8,15H,3-4,6,9-12H2,1-2H3,(H,19,25). The van der Waals surface area contributed by atoms with Crippen molar-refractivity contribution in [1.29, 1.82) is 0 Å². The third kappa shape index (κ3) is 4.56. The Bertz CT molecular complexity index is 816. The van der Waals surface area contributed by atoms with Crippen LogP contribution in [0.3, 0.4) is 0 Å². The number of hydrogen-bond donors (Lipinski definition) is 1. The van der Waals surface area contributed by atoms with E-state index in [1.165, 1.54) is 28.5 Å². The predicted octanol–water partition coefficient (Wildman–Crippen LogP) is 1.60. The molecule has 1 amide bonds. The molecule has 1 aliphatic heterocycles. The molecule has 3 heterocycles. The van der Waals surface area contributed by atoms with Gasteiger partial charge in [-0.05, 0) is 39.3 Å². The van der Waals surface area contributed by atoms with Gasteiger partial charge in [0.05, 0.1) is 17.2 Å². The first kappa shape index (κ1) is 18.7. The van der Waals surface area contributed by atoms with Crippen LogP contribution in [0.15, 0.2) is 23.1 Å². The van der Waals surface area contributed by atoms with Crippen LogP contribution in [0.25, 0.3) is 0 Å².